The van der Waals surface area contributed by atoms with E-state index in [1.165, 1.54) is 19.1 Å². The van der Waals surface area contributed by atoms with E-state index in [0.717, 1.165) is 0 Å². The van der Waals surface area contributed by atoms with Crippen LogP contribution in [-0.4, -0.2) is 34.7 Å². The Kier molecular flexibility index (Phi) is 4.81. The number of carbonyl (C=O) groups is 1. The summed E-state index contributed by atoms with van der Waals surface area (Å²) in [5.74, 6) is -3.14. The fourth-order valence-electron chi connectivity index (χ4n) is 2.47. The summed E-state index contributed by atoms with van der Waals surface area (Å²) in [7, 11) is 0. The first-order chi connectivity index (χ1) is 10.7. The summed E-state index contributed by atoms with van der Waals surface area (Å²) in [6.07, 6.45) is -5.14. The molecule has 0 spiro atoms. The SMILES string of the molecule is CCOC(=O)[C@@H]1[C@H](c2ccccc2)NC(=S)N[C@]1(O)C(F)(F)F. The number of ether oxygens (including phenoxy) is 1. The van der Waals surface area contributed by atoms with E-state index in [2.05, 4.69) is 5.32 Å². The number of rotatable bonds is 3. The Morgan fingerprint density at radius 1 is 1.39 bits per heavy atom. The van der Waals surface area contributed by atoms with Crippen molar-refractivity contribution >= 4 is 23.3 Å². The predicted molar refractivity (Wildman–Crippen MR) is 79.2 cm³/mol. The lowest BCUT2D eigenvalue weighted by Gasteiger charge is -2.45. The number of aliphatic hydroxyl groups is 1. The molecule has 1 aliphatic rings. The van der Waals surface area contributed by atoms with Gasteiger partial charge in [-0.2, -0.15) is 13.2 Å². The maximum Gasteiger partial charge on any atom is 0.437 e. The van der Waals surface area contributed by atoms with Crippen molar-refractivity contribution in [1.82, 2.24) is 10.6 Å². The maximum absolute atomic E-state index is 13.4. The molecule has 1 saturated heterocycles. The average molecular weight is 348 g/mol. The summed E-state index contributed by atoms with van der Waals surface area (Å²) < 4.78 is 45.0. The van der Waals surface area contributed by atoms with E-state index in [1.54, 1.807) is 23.5 Å². The van der Waals surface area contributed by atoms with Gasteiger partial charge in [0, 0.05) is 0 Å². The third kappa shape index (κ3) is 3.25. The van der Waals surface area contributed by atoms with Gasteiger partial charge in [0.1, 0.15) is 5.92 Å². The fourth-order valence-corrected chi connectivity index (χ4v) is 2.76. The smallest absolute Gasteiger partial charge is 0.437 e. The number of halogens is 3. The molecule has 1 aromatic carbocycles. The van der Waals surface area contributed by atoms with E-state index in [0.29, 0.717) is 5.56 Å². The highest BCUT2D eigenvalue weighted by Crippen LogP contribution is 2.42. The minimum absolute atomic E-state index is 0.116. The molecule has 1 fully saturated rings. The third-order valence-corrected chi connectivity index (χ3v) is 3.73. The molecule has 0 saturated carbocycles. The first-order valence-corrected chi connectivity index (χ1v) is 7.21. The molecule has 0 bridgehead atoms. The number of carbonyl (C=O) groups excluding carboxylic acids is 1. The lowest BCUT2D eigenvalue weighted by atomic mass is 9.82. The second-order valence-corrected chi connectivity index (χ2v) is 5.39. The van der Waals surface area contributed by atoms with Crippen molar-refractivity contribution in [3.63, 3.8) is 0 Å². The van der Waals surface area contributed by atoms with Crippen LogP contribution in [0.5, 0.6) is 0 Å². The van der Waals surface area contributed by atoms with Crippen molar-refractivity contribution in [2.75, 3.05) is 6.61 Å². The van der Waals surface area contributed by atoms with Crippen molar-refractivity contribution in [2.24, 2.45) is 5.92 Å². The molecule has 0 aromatic heterocycles. The van der Waals surface area contributed by atoms with Crippen molar-refractivity contribution < 1.29 is 27.8 Å². The Bertz CT molecular complexity index is 597. The van der Waals surface area contributed by atoms with Crippen LogP contribution in [0, 0.1) is 5.92 Å². The number of benzene rings is 1. The first-order valence-electron chi connectivity index (χ1n) is 6.80. The Balaban J connectivity index is 2.54. The fraction of sp³-hybridized carbons (Fsp3) is 0.429. The number of hydrogen-bond acceptors (Lipinski definition) is 4. The van der Waals surface area contributed by atoms with Gasteiger partial charge in [0.05, 0.1) is 12.6 Å². The third-order valence-electron chi connectivity index (χ3n) is 3.51. The van der Waals surface area contributed by atoms with Crippen LogP contribution in [0.15, 0.2) is 30.3 Å². The zero-order valence-electron chi connectivity index (χ0n) is 12.1. The van der Waals surface area contributed by atoms with Crippen molar-refractivity contribution in [3.8, 4) is 0 Å². The van der Waals surface area contributed by atoms with Gasteiger partial charge >= 0.3 is 12.1 Å². The van der Waals surface area contributed by atoms with E-state index in [1.807, 2.05) is 0 Å². The summed E-state index contributed by atoms with van der Waals surface area (Å²) >= 11 is 4.77. The Morgan fingerprint density at radius 2 is 2.00 bits per heavy atom. The average Bonchev–Trinajstić information content (AvgIpc) is 2.46. The molecule has 1 aliphatic heterocycles. The minimum Gasteiger partial charge on any atom is -0.466 e. The molecule has 0 radical (unpaired) electrons. The summed E-state index contributed by atoms with van der Waals surface area (Å²) in [5, 5.41) is 14.2. The molecule has 23 heavy (non-hydrogen) atoms. The molecule has 3 atom stereocenters. The van der Waals surface area contributed by atoms with Gasteiger partial charge in [0.2, 0.25) is 0 Å². The Hall–Kier alpha value is -1.87. The van der Waals surface area contributed by atoms with Crippen LogP contribution >= 0.6 is 12.2 Å². The summed E-state index contributed by atoms with van der Waals surface area (Å²) in [4.78, 5) is 12.1. The van der Waals surface area contributed by atoms with E-state index in [9.17, 15) is 23.1 Å². The number of alkyl halides is 3. The zero-order valence-corrected chi connectivity index (χ0v) is 12.9. The van der Waals surface area contributed by atoms with E-state index < -0.39 is 34.9 Å². The molecular weight excluding hydrogens is 333 g/mol. The molecule has 1 heterocycles. The molecule has 0 amide bonds. The van der Waals surface area contributed by atoms with Gasteiger partial charge in [-0.1, -0.05) is 30.3 Å². The minimum atomic E-state index is -5.14. The second-order valence-electron chi connectivity index (χ2n) is 4.98. The molecular formula is C14H15F3N2O3S. The van der Waals surface area contributed by atoms with E-state index in [4.69, 9.17) is 17.0 Å². The van der Waals surface area contributed by atoms with Crippen LogP contribution in [0.3, 0.4) is 0 Å². The monoisotopic (exact) mass is 348 g/mol. The van der Waals surface area contributed by atoms with E-state index in [-0.39, 0.29) is 6.61 Å². The molecule has 0 aliphatic carbocycles. The lowest BCUT2D eigenvalue weighted by molar-refractivity contribution is -0.292. The largest absolute Gasteiger partial charge is 0.466 e. The quantitative estimate of drug-likeness (QED) is 0.570. The highest BCUT2D eigenvalue weighted by Gasteiger charge is 2.66. The highest BCUT2D eigenvalue weighted by atomic mass is 32.1. The molecule has 2 rings (SSSR count). The summed E-state index contributed by atoms with van der Waals surface area (Å²) in [6.45, 7) is 1.35. The number of nitrogens with one attached hydrogen (secondary N) is 2. The van der Waals surface area contributed by atoms with Gasteiger partial charge in [0.25, 0.3) is 5.72 Å². The molecule has 9 heteroatoms. The van der Waals surface area contributed by atoms with Crippen LogP contribution in [-0.2, 0) is 9.53 Å². The predicted octanol–water partition coefficient (Wildman–Crippen LogP) is 1.64. The summed E-state index contributed by atoms with van der Waals surface area (Å²) in [6, 6.07) is 6.78. The highest BCUT2D eigenvalue weighted by molar-refractivity contribution is 7.80. The molecule has 5 nitrogen and oxygen atoms in total. The standard InChI is InChI=1S/C14H15F3N2O3S/c1-2-22-11(20)9-10(8-6-4-3-5-7-8)18-12(23)19-13(9,21)14(15,16)17/h3-7,9-10,21H,2H2,1H3,(H2,18,19,23)/t9-,10-,13+/m0/s1. The zero-order chi connectivity index (χ0) is 17.3. The molecule has 0 unspecified atom stereocenters. The van der Waals surface area contributed by atoms with Gasteiger partial charge in [-0.25, -0.2) is 0 Å². The van der Waals surface area contributed by atoms with E-state index >= 15 is 0 Å². The number of thiocarbonyl (C=S) groups is 1. The van der Waals surface area contributed by atoms with Gasteiger partial charge in [0.15, 0.2) is 5.11 Å². The number of esters is 1. The number of hydrogen-bond donors (Lipinski definition) is 3. The van der Waals surface area contributed by atoms with Crippen LogP contribution < -0.4 is 10.6 Å². The van der Waals surface area contributed by atoms with Gasteiger partial charge < -0.3 is 20.5 Å². The molecule has 3 N–H and O–H groups in total. The first kappa shape index (κ1) is 17.5. The van der Waals surface area contributed by atoms with Crippen molar-refractivity contribution in [2.45, 2.75) is 24.9 Å². The Morgan fingerprint density at radius 3 is 2.52 bits per heavy atom. The van der Waals surface area contributed by atoms with Crippen LogP contribution in [0.2, 0.25) is 0 Å². The molecule has 126 valence electrons. The second kappa shape index (κ2) is 6.32. The van der Waals surface area contributed by atoms with Crippen LogP contribution in [0.4, 0.5) is 13.2 Å². The van der Waals surface area contributed by atoms with Crippen molar-refractivity contribution in [1.29, 1.82) is 0 Å². The van der Waals surface area contributed by atoms with Gasteiger partial charge in [-0.3, -0.25) is 4.79 Å². The normalized spacial score (nSPS) is 27.8. The van der Waals surface area contributed by atoms with Gasteiger partial charge in [-0.15, -0.1) is 0 Å². The topological polar surface area (TPSA) is 70.6 Å². The van der Waals surface area contributed by atoms with Crippen LogP contribution in [0.1, 0.15) is 18.5 Å². The van der Waals surface area contributed by atoms with Crippen molar-refractivity contribution in [3.05, 3.63) is 35.9 Å². The Labute approximate surface area is 135 Å². The summed E-state index contributed by atoms with van der Waals surface area (Å²) in [5.41, 5.74) is -3.15. The maximum atomic E-state index is 13.4. The molecule has 1 aromatic rings. The van der Waals surface area contributed by atoms with Crippen LogP contribution in [0.25, 0.3) is 0 Å². The lowest BCUT2D eigenvalue weighted by Crippen LogP contribution is -2.73. The van der Waals surface area contributed by atoms with Gasteiger partial charge in [-0.05, 0) is 24.7 Å².